The highest BCUT2D eigenvalue weighted by atomic mass is 35.5. The molecule has 4 nitrogen and oxygen atoms in total. The summed E-state index contributed by atoms with van der Waals surface area (Å²) >= 11 is 6.10. The van der Waals surface area contributed by atoms with Crippen LogP contribution in [0.25, 0.3) is 0 Å². The van der Waals surface area contributed by atoms with E-state index >= 15 is 0 Å². The Morgan fingerprint density at radius 2 is 1.96 bits per heavy atom. The number of hydrogen-bond acceptors (Lipinski definition) is 3. The van der Waals surface area contributed by atoms with Crippen molar-refractivity contribution in [3.63, 3.8) is 0 Å². The van der Waals surface area contributed by atoms with Crippen molar-refractivity contribution >= 4 is 35.6 Å². The number of nitrogens with two attached hydrogens (primary N) is 1. The van der Waals surface area contributed by atoms with Gasteiger partial charge in [0.15, 0.2) is 5.75 Å². The predicted octanol–water partition coefficient (Wildman–Crippen LogP) is 3.86. The lowest BCUT2D eigenvalue weighted by atomic mass is 9.65. The summed E-state index contributed by atoms with van der Waals surface area (Å²) in [6.45, 7) is 0. The molecule has 0 spiro atoms. The summed E-state index contributed by atoms with van der Waals surface area (Å²) in [6.07, 6.45) is 5.35. The Bertz CT molecular complexity index is 554. The zero-order valence-corrected chi connectivity index (χ0v) is 14.8. The van der Waals surface area contributed by atoms with Gasteiger partial charge in [-0.05, 0) is 49.7 Å². The number of amides is 1. The summed E-state index contributed by atoms with van der Waals surface area (Å²) in [5.74, 6) is 1.60. The zero-order valence-electron chi connectivity index (χ0n) is 13.3. The van der Waals surface area contributed by atoms with Gasteiger partial charge in [0.1, 0.15) is 0 Å². The molecule has 2 unspecified atom stereocenters. The summed E-state index contributed by atoms with van der Waals surface area (Å²) in [7, 11) is 1.56. The van der Waals surface area contributed by atoms with E-state index in [-0.39, 0.29) is 30.3 Å². The third-order valence-electron chi connectivity index (χ3n) is 5.21. The molecule has 2 atom stereocenters. The summed E-state index contributed by atoms with van der Waals surface area (Å²) in [5, 5.41) is 3.49. The molecule has 1 aromatic carbocycles. The lowest BCUT2D eigenvalue weighted by molar-refractivity contribution is -0.122. The molecule has 1 amide bonds. The van der Waals surface area contributed by atoms with Gasteiger partial charge in [0.05, 0.1) is 17.8 Å². The van der Waals surface area contributed by atoms with Crippen LogP contribution in [0.3, 0.4) is 0 Å². The number of benzene rings is 1. The maximum atomic E-state index is 12.6. The molecule has 0 aliphatic heterocycles. The molecule has 3 N–H and O–H groups in total. The van der Waals surface area contributed by atoms with Gasteiger partial charge in [-0.25, -0.2) is 0 Å². The number of carbonyl (C=O) groups is 1. The molecule has 2 aliphatic carbocycles. The average molecular weight is 359 g/mol. The molecule has 0 aromatic heterocycles. The van der Waals surface area contributed by atoms with Crippen molar-refractivity contribution in [2.45, 2.75) is 38.1 Å². The second kappa shape index (κ2) is 7.73. The first-order valence-electron chi connectivity index (χ1n) is 7.99. The van der Waals surface area contributed by atoms with Crippen LogP contribution in [0.15, 0.2) is 18.2 Å². The summed E-state index contributed by atoms with van der Waals surface area (Å²) in [4.78, 5) is 12.6. The van der Waals surface area contributed by atoms with Crippen LogP contribution in [0.1, 0.15) is 32.1 Å². The molecule has 0 saturated heterocycles. The van der Waals surface area contributed by atoms with E-state index < -0.39 is 0 Å². The molecule has 128 valence electrons. The molecule has 6 heteroatoms. The highest BCUT2D eigenvalue weighted by molar-refractivity contribution is 6.32. The van der Waals surface area contributed by atoms with Crippen molar-refractivity contribution in [1.82, 2.24) is 0 Å². The van der Waals surface area contributed by atoms with E-state index in [0.29, 0.717) is 28.3 Å². The first kappa shape index (κ1) is 18.4. The molecule has 0 heterocycles. The Morgan fingerprint density at radius 3 is 2.57 bits per heavy atom. The van der Waals surface area contributed by atoms with Gasteiger partial charge in [-0.2, -0.15) is 0 Å². The molecule has 3 rings (SSSR count). The second-order valence-electron chi connectivity index (χ2n) is 6.51. The second-order valence-corrected chi connectivity index (χ2v) is 6.91. The molecule has 2 saturated carbocycles. The molecule has 2 bridgehead atoms. The number of rotatable bonds is 3. The lowest BCUT2D eigenvalue weighted by Gasteiger charge is -2.43. The number of fused-ring (bicyclic) bond motifs is 2. The fourth-order valence-electron chi connectivity index (χ4n) is 4.05. The third kappa shape index (κ3) is 3.76. The first-order valence-corrected chi connectivity index (χ1v) is 8.37. The standard InChI is InChI=1S/C17H23ClN2O2.ClH/c1-22-16-13(18)6-3-7-14(16)20-17(21)12-8-10-4-2-5-11(9-12)15(10)19;/h3,6-7,10-12,15H,2,4-5,8-9,19H2,1H3,(H,20,21);1H. The van der Waals surface area contributed by atoms with E-state index in [1.807, 2.05) is 12.1 Å². The van der Waals surface area contributed by atoms with Crippen molar-refractivity contribution in [2.24, 2.45) is 23.5 Å². The van der Waals surface area contributed by atoms with Crippen molar-refractivity contribution < 1.29 is 9.53 Å². The number of carbonyl (C=O) groups excluding carboxylic acids is 1. The van der Waals surface area contributed by atoms with Crippen LogP contribution in [-0.4, -0.2) is 19.1 Å². The number of ether oxygens (including phenoxy) is 1. The number of methoxy groups -OCH3 is 1. The maximum absolute atomic E-state index is 12.6. The van der Waals surface area contributed by atoms with Crippen LogP contribution in [0.2, 0.25) is 5.02 Å². The minimum atomic E-state index is 0. The van der Waals surface area contributed by atoms with Gasteiger partial charge in [0, 0.05) is 12.0 Å². The Morgan fingerprint density at radius 1 is 1.30 bits per heavy atom. The summed E-state index contributed by atoms with van der Waals surface area (Å²) in [6, 6.07) is 5.66. The number of halogens is 2. The first-order chi connectivity index (χ1) is 10.6. The summed E-state index contributed by atoms with van der Waals surface area (Å²) in [5.41, 5.74) is 6.93. The number of hydrogen-bond donors (Lipinski definition) is 2. The smallest absolute Gasteiger partial charge is 0.227 e. The van der Waals surface area contributed by atoms with E-state index in [0.717, 1.165) is 25.7 Å². The van der Waals surface area contributed by atoms with Crippen molar-refractivity contribution in [2.75, 3.05) is 12.4 Å². The molecule has 2 aliphatic rings. The molecule has 1 aromatic rings. The highest BCUT2D eigenvalue weighted by Crippen LogP contribution is 2.42. The molecule has 0 radical (unpaired) electrons. The van der Waals surface area contributed by atoms with E-state index in [2.05, 4.69) is 5.32 Å². The highest BCUT2D eigenvalue weighted by Gasteiger charge is 2.40. The summed E-state index contributed by atoms with van der Waals surface area (Å²) < 4.78 is 5.29. The lowest BCUT2D eigenvalue weighted by Crippen LogP contribution is -2.48. The van der Waals surface area contributed by atoms with Gasteiger partial charge < -0.3 is 15.8 Å². The fourth-order valence-corrected chi connectivity index (χ4v) is 4.30. The van der Waals surface area contributed by atoms with E-state index in [1.165, 1.54) is 6.42 Å². The van der Waals surface area contributed by atoms with E-state index in [9.17, 15) is 4.79 Å². The van der Waals surface area contributed by atoms with Crippen LogP contribution in [0.4, 0.5) is 5.69 Å². The fraction of sp³-hybridized carbons (Fsp3) is 0.588. The molecule has 23 heavy (non-hydrogen) atoms. The van der Waals surface area contributed by atoms with Gasteiger partial charge in [0.25, 0.3) is 0 Å². The average Bonchev–Trinajstić information content (AvgIpc) is 2.47. The maximum Gasteiger partial charge on any atom is 0.227 e. The Kier molecular flexibility index (Phi) is 6.18. The van der Waals surface area contributed by atoms with Crippen LogP contribution >= 0.6 is 24.0 Å². The Balaban J connectivity index is 0.00000192. The number of para-hydroxylation sites is 1. The van der Waals surface area contributed by atoms with Crippen molar-refractivity contribution in [1.29, 1.82) is 0 Å². The van der Waals surface area contributed by atoms with Crippen molar-refractivity contribution in [3.05, 3.63) is 23.2 Å². The van der Waals surface area contributed by atoms with Gasteiger partial charge in [-0.1, -0.05) is 24.1 Å². The Hall–Kier alpha value is -0.970. The van der Waals surface area contributed by atoms with Gasteiger partial charge in [-0.15, -0.1) is 12.4 Å². The topological polar surface area (TPSA) is 64.3 Å². The number of anilines is 1. The minimum absolute atomic E-state index is 0. The number of nitrogens with one attached hydrogen (secondary N) is 1. The molecule has 2 fully saturated rings. The van der Waals surface area contributed by atoms with Gasteiger partial charge in [0.2, 0.25) is 5.91 Å². The monoisotopic (exact) mass is 358 g/mol. The van der Waals surface area contributed by atoms with Crippen LogP contribution in [0.5, 0.6) is 5.75 Å². The van der Waals surface area contributed by atoms with Crippen LogP contribution in [-0.2, 0) is 4.79 Å². The largest absolute Gasteiger partial charge is 0.493 e. The van der Waals surface area contributed by atoms with Gasteiger partial charge >= 0.3 is 0 Å². The third-order valence-corrected chi connectivity index (χ3v) is 5.51. The Labute approximate surface area is 148 Å². The SMILES string of the molecule is COc1c(Cl)cccc1NC(=O)C1CC2CCCC(C1)C2N.Cl. The van der Waals surface area contributed by atoms with E-state index in [1.54, 1.807) is 13.2 Å². The normalized spacial score (nSPS) is 29.3. The molecular formula is C17H24Cl2N2O2. The van der Waals surface area contributed by atoms with E-state index in [4.69, 9.17) is 22.1 Å². The predicted molar refractivity (Wildman–Crippen MR) is 95.4 cm³/mol. The van der Waals surface area contributed by atoms with Gasteiger partial charge in [-0.3, -0.25) is 4.79 Å². The van der Waals surface area contributed by atoms with Crippen LogP contribution < -0.4 is 15.8 Å². The zero-order chi connectivity index (χ0) is 15.7. The van der Waals surface area contributed by atoms with Crippen LogP contribution in [0, 0.1) is 17.8 Å². The molecular weight excluding hydrogens is 335 g/mol. The quantitative estimate of drug-likeness (QED) is 0.861. The van der Waals surface area contributed by atoms with Crippen molar-refractivity contribution in [3.8, 4) is 5.75 Å². The minimum Gasteiger partial charge on any atom is -0.493 e.